The van der Waals surface area contributed by atoms with Crippen LogP contribution in [0.15, 0.2) is 48.5 Å². The number of rotatable bonds is 8. The molecule has 0 fully saturated rings. The number of alkyl halides is 1. The third-order valence-corrected chi connectivity index (χ3v) is 3.62. The molecule has 0 bridgehead atoms. The summed E-state index contributed by atoms with van der Waals surface area (Å²) in [6.45, 7) is 1.71. The average molecular weight is 611 g/mol. The maximum absolute atomic E-state index is 11.8. The molecule has 0 saturated heterocycles. The molecule has 0 aliphatic carbocycles. The number of benzene rings is 2. The molecule has 0 heterocycles. The summed E-state index contributed by atoms with van der Waals surface area (Å²) in [7, 11) is 1.63. The van der Waals surface area contributed by atoms with Crippen LogP contribution >= 0.6 is 18.6 Å². The third kappa shape index (κ3) is 10.8. The quantitative estimate of drug-likeness (QED) is 0.196. The second-order valence-corrected chi connectivity index (χ2v) is 12.0. The summed E-state index contributed by atoms with van der Waals surface area (Å²) < 4.78 is 15.3. The van der Waals surface area contributed by atoms with Crippen LogP contribution < -0.4 is 26.7 Å². The molecule has 2 aromatic carbocycles. The first-order valence-corrected chi connectivity index (χ1v) is 17.1. The maximum atomic E-state index is 11.8. The molecule has 154 valence electrons. The standard InChI is InChI=1S/C20H22O5.CH3I2/c1-15(21)25-19-10-5-16(6-11-19)7-12-20(22)24-14-13-17-3-8-18(23-2)9-4-17;1-3-2/h3-6,8-11H,7,12-14H2,1-2H3;1H3/q;-1. The van der Waals surface area contributed by atoms with Gasteiger partial charge in [-0.25, -0.2) is 0 Å². The summed E-state index contributed by atoms with van der Waals surface area (Å²) in [5.41, 5.74) is 2.08. The van der Waals surface area contributed by atoms with Gasteiger partial charge < -0.3 is 14.2 Å². The molecule has 0 unspecified atom stereocenters. The third-order valence-electron chi connectivity index (χ3n) is 3.62. The number of methoxy groups -OCH3 is 1. The van der Waals surface area contributed by atoms with E-state index in [1.54, 1.807) is 19.2 Å². The number of aryl methyl sites for hydroxylation is 1. The van der Waals surface area contributed by atoms with Crippen molar-refractivity contribution in [3.63, 3.8) is 0 Å². The minimum absolute atomic E-state index is 0.224. The molecule has 28 heavy (non-hydrogen) atoms. The van der Waals surface area contributed by atoms with E-state index in [0.29, 0.717) is 48.8 Å². The van der Waals surface area contributed by atoms with Crippen molar-refractivity contribution in [2.75, 3.05) is 18.6 Å². The first kappa shape index (κ1) is 24.7. The van der Waals surface area contributed by atoms with E-state index in [9.17, 15) is 9.59 Å². The van der Waals surface area contributed by atoms with Crippen LogP contribution in [0.3, 0.4) is 0 Å². The molecule has 0 aliphatic rings. The number of ether oxygens (including phenoxy) is 3. The predicted octanol–water partition coefficient (Wildman–Crippen LogP) is 1.39. The van der Waals surface area contributed by atoms with E-state index in [-0.39, 0.29) is 11.9 Å². The van der Waals surface area contributed by atoms with Gasteiger partial charge >= 0.3 is 52.7 Å². The topological polar surface area (TPSA) is 61.8 Å². The van der Waals surface area contributed by atoms with Gasteiger partial charge in [0.05, 0.1) is 13.7 Å². The van der Waals surface area contributed by atoms with Crippen molar-refractivity contribution in [3.8, 4) is 11.5 Å². The zero-order valence-corrected chi connectivity index (χ0v) is 20.6. The Morgan fingerprint density at radius 1 is 0.929 bits per heavy atom. The van der Waals surface area contributed by atoms with Crippen molar-refractivity contribution in [1.29, 1.82) is 0 Å². The van der Waals surface area contributed by atoms with Crippen LogP contribution in [0.1, 0.15) is 24.5 Å². The van der Waals surface area contributed by atoms with Crippen molar-refractivity contribution in [2.45, 2.75) is 26.2 Å². The molecular weight excluding hydrogens is 586 g/mol. The van der Waals surface area contributed by atoms with Crippen molar-refractivity contribution in [3.05, 3.63) is 59.7 Å². The van der Waals surface area contributed by atoms with Crippen molar-refractivity contribution in [2.24, 2.45) is 0 Å². The minimum atomic E-state index is -0.354. The Morgan fingerprint density at radius 3 is 1.93 bits per heavy atom. The average Bonchev–Trinajstić information content (AvgIpc) is 2.68. The fourth-order valence-electron chi connectivity index (χ4n) is 2.28. The van der Waals surface area contributed by atoms with Gasteiger partial charge in [-0.1, -0.05) is 24.3 Å². The number of carbonyl (C=O) groups excluding carboxylic acids is 2. The monoisotopic (exact) mass is 611 g/mol. The Hall–Kier alpha value is -1.36. The van der Waals surface area contributed by atoms with E-state index in [4.69, 9.17) is 14.2 Å². The molecule has 0 radical (unpaired) electrons. The Morgan fingerprint density at radius 2 is 1.43 bits per heavy atom. The van der Waals surface area contributed by atoms with Gasteiger partial charge in [0.15, 0.2) is 0 Å². The number of carbonyl (C=O) groups is 2. The van der Waals surface area contributed by atoms with Gasteiger partial charge in [0.2, 0.25) is 0 Å². The summed E-state index contributed by atoms with van der Waals surface area (Å²) in [5, 5.41) is 0. The van der Waals surface area contributed by atoms with Gasteiger partial charge in [-0.2, -0.15) is 0 Å². The molecule has 0 N–H and O–H groups in total. The van der Waals surface area contributed by atoms with Crippen LogP contribution in [0.5, 0.6) is 11.5 Å². The van der Waals surface area contributed by atoms with E-state index in [0.717, 1.165) is 16.9 Å². The van der Waals surface area contributed by atoms with E-state index < -0.39 is 0 Å². The second kappa shape index (κ2) is 14.6. The summed E-state index contributed by atoms with van der Waals surface area (Å²) in [5.74, 6) is 0.726. The fourth-order valence-corrected chi connectivity index (χ4v) is 2.28. The zero-order chi connectivity index (χ0) is 20.8. The van der Waals surface area contributed by atoms with E-state index in [2.05, 4.69) is 23.5 Å². The van der Waals surface area contributed by atoms with Crippen LogP contribution in [-0.2, 0) is 27.2 Å². The molecule has 0 saturated carbocycles. The normalized spacial score (nSPS) is 9.86. The summed E-state index contributed by atoms with van der Waals surface area (Å²) in [6.07, 6.45) is 1.57. The first-order chi connectivity index (χ1) is 13.5. The van der Waals surface area contributed by atoms with E-state index in [1.807, 2.05) is 36.4 Å². The Balaban J connectivity index is 0.00000122. The molecule has 0 spiro atoms. The van der Waals surface area contributed by atoms with Gasteiger partial charge in [-0.15, -0.1) is 0 Å². The van der Waals surface area contributed by atoms with Gasteiger partial charge in [0, 0.05) is 19.8 Å². The molecule has 0 amide bonds. The van der Waals surface area contributed by atoms with Crippen LogP contribution in [-0.4, -0.2) is 30.6 Å². The van der Waals surface area contributed by atoms with Gasteiger partial charge in [-0.3, -0.25) is 9.59 Å². The summed E-state index contributed by atoms with van der Waals surface area (Å²) >= 11 is 2.96. The predicted molar refractivity (Wildman–Crippen MR) is 114 cm³/mol. The van der Waals surface area contributed by atoms with Crippen LogP contribution in [0.2, 0.25) is 0 Å². The van der Waals surface area contributed by atoms with E-state index >= 15 is 0 Å². The molecule has 7 heteroatoms. The molecule has 0 aliphatic heterocycles. The molecule has 5 nitrogen and oxygen atoms in total. The molecule has 0 atom stereocenters. The van der Waals surface area contributed by atoms with Crippen LogP contribution in [0.25, 0.3) is 0 Å². The molecule has 0 aromatic heterocycles. The Labute approximate surface area is 186 Å². The number of halogens is 2. The Bertz CT molecular complexity index is 715. The Kier molecular flexibility index (Phi) is 12.9. The first-order valence-electron chi connectivity index (χ1n) is 8.65. The van der Waals surface area contributed by atoms with Crippen LogP contribution in [0, 0.1) is 0 Å². The summed E-state index contributed by atoms with van der Waals surface area (Å²) in [6, 6.07) is 14.8. The van der Waals surface area contributed by atoms with Gasteiger partial charge in [-0.05, 0) is 41.8 Å². The van der Waals surface area contributed by atoms with Gasteiger partial charge in [0.1, 0.15) is 11.5 Å². The number of esters is 2. The van der Waals surface area contributed by atoms with Gasteiger partial charge in [0.25, 0.3) is 0 Å². The fraction of sp³-hybridized carbons (Fsp3) is 0.333. The number of hydrogen-bond acceptors (Lipinski definition) is 5. The molecule has 2 rings (SSSR count). The van der Waals surface area contributed by atoms with E-state index in [1.165, 1.54) is 6.92 Å². The second-order valence-electron chi connectivity index (χ2n) is 5.70. The van der Waals surface area contributed by atoms with Crippen LogP contribution in [0.4, 0.5) is 0 Å². The number of hydrogen-bond donors (Lipinski definition) is 0. The molecule has 2 aromatic rings. The van der Waals surface area contributed by atoms with Crippen molar-refractivity contribution in [1.82, 2.24) is 0 Å². The van der Waals surface area contributed by atoms with Crippen molar-refractivity contribution >= 4 is 30.6 Å². The molecular formula is C21H25I2O5-. The SMILES string of the molecule is COc1ccc(CCOC(=O)CCc2ccc(OC(C)=O)cc2)cc1.C[I-]I. The summed E-state index contributed by atoms with van der Waals surface area (Å²) in [4.78, 5) is 24.9. The van der Waals surface area contributed by atoms with Crippen molar-refractivity contribution < 1.29 is 41.0 Å². The zero-order valence-electron chi connectivity index (χ0n) is 16.2.